The van der Waals surface area contributed by atoms with Crippen LogP contribution in [0.4, 0.5) is 0 Å². The molecule has 1 aromatic rings. The number of aliphatic carboxylic acids is 1. The normalized spacial score (nSPS) is 12.6. The largest absolute Gasteiger partial charge is 0.479 e. The molecule has 16 heavy (non-hydrogen) atoms. The van der Waals surface area contributed by atoms with Crippen molar-refractivity contribution in [3.63, 3.8) is 0 Å². The van der Waals surface area contributed by atoms with Crippen molar-refractivity contribution in [3.8, 4) is 0 Å². The molecular formula is C9H14N2O3S2. The van der Waals surface area contributed by atoms with Crippen LogP contribution in [0.15, 0.2) is 4.34 Å². The summed E-state index contributed by atoms with van der Waals surface area (Å²) >= 11 is 2.85. The lowest BCUT2D eigenvalue weighted by atomic mass is 10.3. The van der Waals surface area contributed by atoms with Crippen molar-refractivity contribution in [2.24, 2.45) is 0 Å². The summed E-state index contributed by atoms with van der Waals surface area (Å²) in [4.78, 5) is 15.0. The van der Waals surface area contributed by atoms with Gasteiger partial charge in [-0.3, -0.25) is 0 Å². The molecule has 1 aromatic heterocycles. The highest BCUT2D eigenvalue weighted by Gasteiger charge is 2.17. The first-order valence-corrected chi connectivity index (χ1v) is 6.67. The number of thioether (sulfide) groups is 1. The second kappa shape index (κ2) is 6.82. The molecule has 0 radical (unpaired) electrons. The molecule has 0 aromatic carbocycles. The monoisotopic (exact) mass is 262 g/mol. The third-order valence-corrected chi connectivity index (χ3v) is 3.72. The molecule has 1 unspecified atom stereocenters. The number of rotatable bonds is 7. The van der Waals surface area contributed by atoms with Gasteiger partial charge in [0, 0.05) is 12.4 Å². The van der Waals surface area contributed by atoms with Crippen molar-refractivity contribution >= 4 is 29.3 Å². The third kappa shape index (κ3) is 4.46. The molecule has 1 rings (SSSR count). The number of carboxylic acids is 1. The Hall–Kier alpha value is -0.660. The molecule has 90 valence electrons. The minimum absolute atomic E-state index is 0.416. The van der Waals surface area contributed by atoms with Gasteiger partial charge >= 0.3 is 5.97 Å². The van der Waals surface area contributed by atoms with Crippen LogP contribution in [0.25, 0.3) is 0 Å². The number of hydrogen-bond donors (Lipinski definition) is 1. The van der Waals surface area contributed by atoms with Crippen LogP contribution < -0.4 is 0 Å². The fourth-order valence-corrected chi connectivity index (χ4v) is 2.77. The quantitative estimate of drug-likeness (QED) is 0.756. The van der Waals surface area contributed by atoms with Crippen LogP contribution in [0, 0.1) is 6.92 Å². The number of nitrogens with zero attached hydrogens (tertiary/aromatic N) is 2. The summed E-state index contributed by atoms with van der Waals surface area (Å²) < 4.78 is 10.0. The van der Waals surface area contributed by atoms with E-state index in [0.29, 0.717) is 18.8 Å². The molecule has 0 fully saturated rings. The topological polar surface area (TPSA) is 72.3 Å². The molecule has 0 aliphatic heterocycles. The van der Waals surface area contributed by atoms with Crippen molar-refractivity contribution in [2.45, 2.75) is 30.7 Å². The van der Waals surface area contributed by atoms with Crippen molar-refractivity contribution < 1.29 is 14.6 Å². The molecule has 1 N–H and O–H groups in total. The van der Waals surface area contributed by atoms with E-state index in [-0.39, 0.29) is 0 Å². The van der Waals surface area contributed by atoms with Gasteiger partial charge in [-0.2, -0.15) is 4.37 Å². The molecular weight excluding hydrogens is 248 g/mol. The minimum atomic E-state index is -0.907. The summed E-state index contributed by atoms with van der Waals surface area (Å²) in [6.07, 6.45) is -0.238. The molecule has 0 spiro atoms. The molecule has 0 bridgehead atoms. The SMILES string of the molecule is CCOC(CCSc1nc(C)ns1)C(=O)O. The summed E-state index contributed by atoms with van der Waals surface area (Å²) in [7, 11) is 0. The van der Waals surface area contributed by atoms with E-state index in [1.54, 1.807) is 6.92 Å². The highest BCUT2D eigenvalue weighted by atomic mass is 32.2. The summed E-state index contributed by atoms with van der Waals surface area (Å²) in [6, 6.07) is 0. The Kier molecular flexibility index (Phi) is 5.72. The van der Waals surface area contributed by atoms with E-state index >= 15 is 0 Å². The van der Waals surface area contributed by atoms with E-state index in [4.69, 9.17) is 9.84 Å². The van der Waals surface area contributed by atoms with Crippen molar-refractivity contribution in [1.82, 2.24) is 9.36 Å². The first kappa shape index (κ1) is 13.4. The van der Waals surface area contributed by atoms with Crippen molar-refractivity contribution in [1.29, 1.82) is 0 Å². The molecule has 5 nitrogen and oxygen atoms in total. The first-order chi connectivity index (χ1) is 7.63. The highest BCUT2D eigenvalue weighted by molar-refractivity contribution is 8.00. The number of aryl methyl sites for hydroxylation is 1. The van der Waals surface area contributed by atoms with Crippen molar-refractivity contribution in [2.75, 3.05) is 12.4 Å². The third-order valence-electron chi connectivity index (χ3n) is 1.76. The van der Waals surface area contributed by atoms with Crippen LogP contribution in [0.2, 0.25) is 0 Å². The molecule has 1 heterocycles. The van der Waals surface area contributed by atoms with Crippen LogP contribution in [0.1, 0.15) is 19.2 Å². The van der Waals surface area contributed by atoms with E-state index in [9.17, 15) is 4.79 Å². The number of ether oxygens (including phenoxy) is 1. The van der Waals surface area contributed by atoms with Gasteiger partial charge in [0.1, 0.15) is 5.82 Å². The zero-order valence-electron chi connectivity index (χ0n) is 9.17. The standard InChI is InChI=1S/C9H14N2O3S2/c1-3-14-7(8(12)13)4-5-15-9-10-6(2)11-16-9/h7H,3-5H2,1-2H3,(H,12,13). The Morgan fingerprint density at radius 3 is 2.94 bits per heavy atom. The Labute approximate surface area is 102 Å². The van der Waals surface area contributed by atoms with E-state index in [0.717, 1.165) is 10.2 Å². The van der Waals surface area contributed by atoms with Crippen molar-refractivity contribution in [3.05, 3.63) is 5.82 Å². The van der Waals surface area contributed by atoms with Gasteiger partial charge in [0.2, 0.25) is 0 Å². The van der Waals surface area contributed by atoms with Crippen LogP contribution in [-0.2, 0) is 9.53 Å². The molecule has 7 heteroatoms. The maximum absolute atomic E-state index is 10.8. The molecule has 0 saturated heterocycles. The van der Waals surface area contributed by atoms with Gasteiger partial charge in [0.05, 0.1) is 0 Å². The van der Waals surface area contributed by atoms with Gasteiger partial charge < -0.3 is 9.84 Å². The van der Waals surface area contributed by atoms with Gasteiger partial charge in [0.25, 0.3) is 0 Å². The van der Waals surface area contributed by atoms with Gasteiger partial charge in [-0.25, -0.2) is 9.78 Å². The van der Waals surface area contributed by atoms with E-state index in [1.165, 1.54) is 23.3 Å². The second-order valence-electron chi connectivity index (χ2n) is 3.03. The number of carbonyl (C=O) groups is 1. The maximum Gasteiger partial charge on any atom is 0.332 e. The van der Waals surface area contributed by atoms with Crippen LogP contribution in [0.5, 0.6) is 0 Å². The summed E-state index contributed by atoms with van der Waals surface area (Å²) in [5.41, 5.74) is 0. The fourth-order valence-electron chi connectivity index (χ4n) is 1.07. The van der Waals surface area contributed by atoms with Gasteiger partial charge in [0.15, 0.2) is 10.4 Å². The maximum atomic E-state index is 10.8. The Bertz CT molecular complexity index is 343. The molecule has 0 aliphatic carbocycles. The Morgan fingerprint density at radius 1 is 1.69 bits per heavy atom. The lowest BCUT2D eigenvalue weighted by molar-refractivity contribution is -0.150. The van der Waals surface area contributed by atoms with Crippen LogP contribution in [-0.4, -0.2) is 38.9 Å². The predicted molar refractivity (Wildman–Crippen MR) is 63.0 cm³/mol. The lowest BCUT2D eigenvalue weighted by Gasteiger charge is -2.10. The second-order valence-corrected chi connectivity index (χ2v) is 5.12. The number of aromatic nitrogens is 2. The summed E-state index contributed by atoms with van der Waals surface area (Å²) in [5, 5.41) is 8.85. The van der Waals surface area contributed by atoms with E-state index in [2.05, 4.69) is 9.36 Å². The first-order valence-electron chi connectivity index (χ1n) is 4.91. The van der Waals surface area contributed by atoms with Gasteiger partial charge in [-0.05, 0) is 31.8 Å². The number of hydrogen-bond acceptors (Lipinski definition) is 6. The summed E-state index contributed by atoms with van der Waals surface area (Å²) in [5.74, 6) is 0.522. The van der Waals surface area contributed by atoms with E-state index in [1.807, 2.05) is 6.92 Å². The number of carboxylic acid groups (broad SMARTS) is 1. The molecule has 0 saturated carbocycles. The van der Waals surface area contributed by atoms with Crippen LogP contribution in [0.3, 0.4) is 0 Å². The lowest BCUT2D eigenvalue weighted by Crippen LogP contribution is -2.24. The van der Waals surface area contributed by atoms with E-state index < -0.39 is 12.1 Å². The fraction of sp³-hybridized carbons (Fsp3) is 0.667. The molecule has 1 atom stereocenters. The Balaban J connectivity index is 2.30. The zero-order chi connectivity index (χ0) is 12.0. The average molecular weight is 262 g/mol. The summed E-state index contributed by atoms with van der Waals surface area (Å²) in [6.45, 7) is 4.04. The average Bonchev–Trinajstić information content (AvgIpc) is 2.63. The van der Waals surface area contributed by atoms with Gasteiger partial charge in [-0.1, -0.05) is 11.8 Å². The zero-order valence-corrected chi connectivity index (χ0v) is 10.8. The highest BCUT2D eigenvalue weighted by Crippen LogP contribution is 2.21. The molecule has 0 aliphatic rings. The van der Waals surface area contributed by atoms with Crippen LogP contribution >= 0.6 is 23.3 Å². The minimum Gasteiger partial charge on any atom is -0.479 e. The van der Waals surface area contributed by atoms with Gasteiger partial charge in [-0.15, -0.1) is 0 Å². The molecule has 0 amide bonds. The smallest absolute Gasteiger partial charge is 0.332 e. The predicted octanol–water partition coefficient (Wildman–Crippen LogP) is 1.82. The Morgan fingerprint density at radius 2 is 2.44 bits per heavy atom.